The van der Waals surface area contributed by atoms with Crippen LogP contribution in [0.25, 0.3) is 111 Å². The topological polar surface area (TPSA) is 48.8 Å². The van der Waals surface area contributed by atoms with Crippen molar-refractivity contribution in [2.45, 2.75) is 0 Å². The zero-order chi connectivity index (χ0) is 37.5. The number of hydrogen-bond donors (Lipinski definition) is 0. The lowest BCUT2D eigenvalue weighted by atomic mass is 9.98. The van der Waals surface area contributed by atoms with E-state index in [1.54, 1.807) is 0 Å². The number of pyridine rings is 1. The third-order valence-electron chi connectivity index (χ3n) is 11.3. The summed E-state index contributed by atoms with van der Waals surface area (Å²) in [5.74, 6) is 0.914. The van der Waals surface area contributed by atoms with E-state index in [0.29, 0.717) is 0 Å². The lowest BCUT2D eigenvalue weighted by molar-refractivity contribution is 0.669. The third kappa shape index (κ3) is 4.89. The summed E-state index contributed by atoms with van der Waals surface area (Å²) in [5.41, 5.74) is 14.0. The Hall–Kier alpha value is -7.76. The molecule has 0 saturated heterocycles. The number of para-hydroxylation sites is 6. The summed E-state index contributed by atoms with van der Waals surface area (Å²) < 4.78 is 11.4. The van der Waals surface area contributed by atoms with Gasteiger partial charge in [-0.2, -0.15) is 0 Å². The molecule has 0 fully saturated rings. The fraction of sp³-hybridized carbons (Fsp3) is 0. The van der Waals surface area contributed by atoms with Gasteiger partial charge in [-0.25, -0.2) is 9.97 Å². The van der Waals surface area contributed by atoms with Crippen molar-refractivity contribution in [3.05, 3.63) is 194 Å². The molecule has 8 aromatic carbocycles. The van der Waals surface area contributed by atoms with E-state index in [4.69, 9.17) is 14.4 Å². The van der Waals surface area contributed by atoms with Crippen LogP contribution in [0, 0.1) is 0 Å². The molecule has 0 amide bonds. The zero-order valence-electron chi connectivity index (χ0n) is 30.7. The van der Waals surface area contributed by atoms with Crippen molar-refractivity contribution in [3.8, 4) is 45.1 Å². The summed E-state index contributed by atoms with van der Waals surface area (Å²) in [6, 6.07) is 68.4. The number of imidazole rings is 1. The molecular weight excluding hydrogens is 697 g/mol. The monoisotopic (exact) mass is 728 g/mol. The van der Waals surface area contributed by atoms with Gasteiger partial charge in [0.2, 0.25) is 0 Å². The molecule has 0 radical (unpaired) electrons. The summed E-state index contributed by atoms with van der Waals surface area (Å²) in [5, 5.41) is 5.69. The first-order valence-corrected chi connectivity index (χ1v) is 19.2. The molecule has 0 aliphatic heterocycles. The zero-order valence-corrected chi connectivity index (χ0v) is 30.7. The molecule has 0 spiro atoms. The first-order valence-electron chi connectivity index (χ1n) is 19.2. The van der Waals surface area contributed by atoms with Crippen molar-refractivity contribution in [1.29, 1.82) is 0 Å². The normalized spacial score (nSPS) is 11.9. The van der Waals surface area contributed by atoms with Gasteiger partial charge in [0.1, 0.15) is 17.1 Å². The Labute approximate surface area is 327 Å². The summed E-state index contributed by atoms with van der Waals surface area (Å²) in [6.45, 7) is 0. The molecule has 12 aromatic rings. The fourth-order valence-electron chi connectivity index (χ4n) is 8.74. The highest BCUT2D eigenvalue weighted by Crippen LogP contribution is 2.42. The molecule has 4 aromatic heterocycles. The molecule has 4 heterocycles. The van der Waals surface area contributed by atoms with Crippen LogP contribution >= 0.6 is 0 Å². The van der Waals surface area contributed by atoms with Crippen LogP contribution < -0.4 is 0 Å². The number of nitrogens with zero attached hydrogens (tertiary/aromatic N) is 4. The number of aromatic nitrogens is 4. The maximum absolute atomic E-state index is 6.72. The molecule has 0 aliphatic carbocycles. The molecule has 12 rings (SSSR count). The van der Waals surface area contributed by atoms with Gasteiger partial charge >= 0.3 is 0 Å². The minimum atomic E-state index is 0.788. The van der Waals surface area contributed by atoms with Gasteiger partial charge in [0, 0.05) is 49.4 Å². The van der Waals surface area contributed by atoms with Gasteiger partial charge in [-0.3, -0.25) is 4.57 Å². The highest BCUT2D eigenvalue weighted by atomic mass is 16.3. The molecular formula is C52H32N4O. The number of furan rings is 1. The Kier molecular flexibility index (Phi) is 6.86. The van der Waals surface area contributed by atoms with Crippen molar-refractivity contribution >= 4 is 65.7 Å². The first-order chi connectivity index (χ1) is 28.3. The van der Waals surface area contributed by atoms with Gasteiger partial charge in [-0.15, -0.1) is 0 Å². The smallest absolute Gasteiger partial charge is 0.162 e. The molecule has 0 unspecified atom stereocenters. The van der Waals surface area contributed by atoms with Crippen LogP contribution in [0.5, 0.6) is 0 Å². The van der Waals surface area contributed by atoms with Gasteiger partial charge in [0.25, 0.3) is 0 Å². The van der Waals surface area contributed by atoms with E-state index in [1.807, 2.05) is 24.3 Å². The Bertz CT molecular complexity index is 3460. The van der Waals surface area contributed by atoms with E-state index in [9.17, 15) is 0 Å². The second-order valence-corrected chi connectivity index (χ2v) is 14.6. The van der Waals surface area contributed by atoms with Crippen LogP contribution in [0.1, 0.15) is 0 Å². The molecule has 0 aliphatic rings. The van der Waals surface area contributed by atoms with Gasteiger partial charge < -0.3 is 8.98 Å². The van der Waals surface area contributed by atoms with Crippen molar-refractivity contribution in [2.24, 2.45) is 0 Å². The second kappa shape index (κ2) is 12.4. The van der Waals surface area contributed by atoms with E-state index in [-0.39, 0.29) is 0 Å². The molecule has 0 saturated carbocycles. The maximum Gasteiger partial charge on any atom is 0.162 e. The summed E-state index contributed by atoms with van der Waals surface area (Å²) in [6.07, 6.45) is 0. The standard InChI is InChI=1S/C52H32N4O/c1-2-14-34(15-3-1)52-54-44-21-9-12-24-47(44)56(52)37-28-26-33(27-29-37)35-30-36(32-38(31-35)55-45-22-10-5-16-39(45)40-17-6-11-23-46(40)55)50-51-49(41-18-4-8-20-43(41)53-50)42-19-7-13-25-48(42)57-51/h1-32H. The highest BCUT2D eigenvalue weighted by Gasteiger charge is 2.21. The molecule has 5 nitrogen and oxygen atoms in total. The van der Waals surface area contributed by atoms with Crippen molar-refractivity contribution in [1.82, 2.24) is 19.1 Å². The molecule has 5 heteroatoms. The minimum Gasteiger partial charge on any atom is -0.454 e. The number of hydrogen-bond acceptors (Lipinski definition) is 3. The molecule has 0 bridgehead atoms. The van der Waals surface area contributed by atoms with Crippen molar-refractivity contribution in [2.75, 3.05) is 0 Å². The van der Waals surface area contributed by atoms with Gasteiger partial charge in [-0.1, -0.05) is 127 Å². The number of fused-ring (bicyclic) bond motifs is 9. The largest absolute Gasteiger partial charge is 0.454 e. The van der Waals surface area contributed by atoms with Crippen molar-refractivity contribution in [3.63, 3.8) is 0 Å². The van der Waals surface area contributed by atoms with Crippen LogP contribution in [0.15, 0.2) is 199 Å². The van der Waals surface area contributed by atoms with Gasteiger partial charge in [0.05, 0.1) is 27.6 Å². The van der Waals surface area contributed by atoms with Crippen LogP contribution in [0.4, 0.5) is 0 Å². The average molecular weight is 729 g/mol. The minimum absolute atomic E-state index is 0.788. The maximum atomic E-state index is 6.72. The van der Waals surface area contributed by atoms with E-state index in [2.05, 4.69) is 179 Å². The Morgan fingerprint density at radius 2 is 0.965 bits per heavy atom. The predicted octanol–water partition coefficient (Wildman–Crippen LogP) is 13.6. The first kappa shape index (κ1) is 31.6. The Balaban J connectivity index is 1.11. The molecule has 266 valence electrons. The van der Waals surface area contributed by atoms with E-state index in [1.165, 1.54) is 10.8 Å². The van der Waals surface area contributed by atoms with Crippen LogP contribution in [0.2, 0.25) is 0 Å². The average Bonchev–Trinajstić information content (AvgIpc) is 3.97. The fourth-order valence-corrected chi connectivity index (χ4v) is 8.74. The molecule has 0 N–H and O–H groups in total. The SMILES string of the molecule is c1ccc(-c2nc3ccccc3n2-c2ccc(-c3cc(-c4nc5ccccc5c5c4oc4ccccc45)cc(-n4c5ccccc5c5ccccc54)c3)cc2)cc1. The Morgan fingerprint density at radius 3 is 1.72 bits per heavy atom. The van der Waals surface area contributed by atoms with Gasteiger partial charge in [-0.05, 0) is 77.9 Å². The number of benzene rings is 8. The molecule has 0 atom stereocenters. The lowest BCUT2D eigenvalue weighted by Gasteiger charge is -2.15. The van der Waals surface area contributed by atoms with Crippen LogP contribution in [-0.2, 0) is 0 Å². The third-order valence-corrected chi connectivity index (χ3v) is 11.3. The van der Waals surface area contributed by atoms with Crippen molar-refractivity contribution < 1.29 is 4.42 Å². The summed E-state index contributed by atoms with van der Waals surface area (Å²) >= 11 is 0. The van der Waals surface area contributed by atoms with Crippen LogP contribution in [0.3, 0.4) is 0 Å². The van der Waals surface area contributed by atoms with E-state index < -0.39 is 0 Å². The number of rotatable bonds is 5. The van der Waals surface area contributed by atoms with E-state index >= 15 is 0 Å². The van der Waals surface area contributed by atoms with E-state index in [0.717, 1.165) is 100 Å². The van der Waals surface area contributed by atoms with Gasteiger partial charge in [0.15, 0.2) is 5.58 Å². The summed E-state index contributed by atoms with van der Waals surface area (Å²) in [7, 11) is 0. The highest BCUT2D eigenvalue weighted by molar-refractivity contribution is 6.21. The quantitative estimate of drug-likeness (QED) is 0.177. The predicted molar refractivity (Wildman–Crippen MR) is 234 cm³/mol. The second-order valence-electron chi connectivity index (χ2n) is 14.6. The molecule has 57 heavy (non-hydrogen) atoms. The Morgan fingerprint density at radius 1 is 0.368 bits per heavy atom. The lowest BCUT2D eigenvalue weighted by Crippen LogP contribution is -1.98. The van der Waals surface area contributed by atoms with Crippen LogP contribution in [-0.4, -0.2) is 19.1 Å². The summed E-state index contributed by atoms with van der Waals surface area (Å²) in [4.78, 5) is 10.4.